The minimum absolute atomic E-state index is 0.542. The lowest BCUT2D eigenvalue weighted by Crippen LogP contribution is -2.15. The molecule has 0 N–H and O–H groups in total. The van der Waals surface area contributed by atoms with Crippen LogP contribution in [0.5, 0.6) is 0 Å². The van der Waals surface area contributed by atoms with Crippen molar-refractivity contribution in [1.29, 1.82) is 0 Å². The Morgan fingerprint density at radius 1 is 1.26 bits per heavy atom. The summed E-state index contributed by atoms with van der Waals surface area (Å²) in [6.07, 6.45) is -1.90. The third-order valence-corrected chi connectivity index (χ3v) is 3.22. The molecule has 1 aromatic heterocycles. The summed E-state index contributed by atoms with van der Waals surface area (Å²) < 4.78 is 40.0. The fraction of sp³-hybridized carbons (Fsp3) is 0.154. The molecule has 2 aromatic rings. The molecule has 0 radical (unpaired) electrons. The van der Waals surface area contributed by atoms with Gasteiger partial charge >= 0.3 is 6.18 Å². The van der Waals surface area contributed by atoms with E-state index in [4.69, 9.17) is 0 Å². The fourth-order valence-corrected chi connectivity index (χ4v) is 2.27. The van der Waals surface area contributed by atoms with Gasteiger partial charge in [0.05, 0.1) is 12.0 Å². The number of alkyl halides is 3. The van der Waals surface area contributed by atoms with Crippen LogP contribution >= 0.6 is 11.8 Å². The summed E-state index contributed by atoms with van der Waals surface area (Å²) in [5.74, 6) is 0. The number of aromatic nitrogens is 2. The average molecular weight is 284 g/mol. The first kappa shape index (κ1) is 13.7. The zero-order chi connectivity index (χ0) is 13.9. The fourth-order valence-electron chi connectivity index (χ4n) is 1.45. The number of hydrogen-bond donors (Lipinski definition) is 0. The van der Waals surface area contributed by atoms with Crippen LogP contribution in [-0.4, -0.2) is 15.7 Å². The van der Waals surface area contributed by atoms with E-state index in [1.807, 2.05) is 6.07 Å². The zero-order valence-corrected chi connectivity index (χ0v) is 10.9. The number of imidazole rings is 1. The highest BCUT2D eigenvalue weighted by Crippen LogP contribution is 2.33. The van der Waals surface area contributed by atoms with E-state index in [9.17, 15) is 13.2 Å². The van der Waals surface area contributed by atoms with Crippen molar-refractivity contribution < 1.29 is 13.2 Å². The monoisotopic (exact) mass is 284 g/mol. The molecule has 0 bridgehead atoms. The third-order valence-electron chi connectivity index (χ3n) is 2.33. The molecule has 0 spiro atoms. The van der Waals surface area contributed by atoms with E-state index in [1.54, 1.807) is 31.2 Å². The second kappa shape index (κ2) is 5.52. The molecule has 0 atom stereocenters. The lowest BCUT2D eigenvalue weighted by molar-refractivity contribution is -0.0735. The predicted molar refractivity (Wildman–Crippen MR) is 69.6 cm³/mol. The maximum absolute atomic E-state index is 13.0. The molecule has 0 amide bonds. The van der Waals surface area contributed by atoms with Gasteiger partial charge in [-0.2, -0.15) is 13.2 Å². The Balaban J connectivity index is 2.29. The Hall–Kier alpha value is -1.69. The minimum Gasteiger partial charge on any atom is -0.301 e. The van der Waals surface area contributed by atoms with Gasteiger partial charge in [0, 0.05) is 16.5 Å². The number of benzene rings is 1. The molecular formula is C13H11F3N2S. The molecule has 1 aromatic carbocycles. The third kappa shape index (κ3) is 3.64. The average Bonchev–Trinajstić information content (AvgIpc) is 2.75. The van der Waals surface area contributed by atoms with Crippen molar-refractivity contribution >= 4 is 17.5 Å². The highest BCUT2D eigenvalue weighted by atomic mass is 32.2. The Morgan fingerprint density at radius 2 is 1.95 bits per heavy atom. The Kier molecular flexibility index (Phi) is 3.99. The highest BCUT2D eigenvalue weighted by Gasteiger charge is 2.35. The van der Waals surface area contributed by atoms with Crippen LogP contribution < -0.4 is 0 Å². The molecule has 0 aliphatic rings. The van der Waals surface area contributed by atoms with E-state index in [1.165, 1.54) is 12.5 Å². The van der Waals surface area contributed by atoms with Gasteiger partial charge in [-0.25, -0.2) is 4.98 Å². The van der Waals surface area contributed by atoms with E-state index in [0.717, 1.165) is 26.6 Å². The van der Waals surface area contributed by atoms with Crippen LogP contribution in [0.15, 0.2) is 53.2 Å². The molecular weight excluding hydrogens is 273 g/mol. The lowest BCUT2D eigenvalue weighted by atomic mass is 10.4. The van der Waals surface area contributed by atoms with Gasteiger partial charge in [-0.3, -0.25) is 0 Å². The summed E-state index contributed by atoms with van der Waals surface area (Å²) in [5, 5.41) is 1.09. The molecule has 2 rings (SSSR count). The standard InChI is InChI=1S/C13H11F3N2S/c1-10-7-18(9-17-10)12(13(14,15)16)8-19-11-5-3-2-4-6-11/h2-9H,1H3/b12-8-. The highest BCUT2D eigenvalue weighted by molar-refractivity contribution is 8.02. The Labute approximate surface area is 113 Å². The molecule has 0 aliphatic heterocycles. The first-order valence-electron chi connectivity index (χ1n) is 5.47. The van der Waals surface area contributed by atoms with Crippen LogP contribution in [0.3, 0.4) is 0 Å². The molecule has 0 fully saturated rings. The number of halogens is 3. The normalized spacial score (nSPS) is 12.7. The Bertz CT molecular complexity index is 573. The Morgan fingerprint density at radius 3 is 2.47 bits per heavy atom. The lowest BCUT2D eigenvalue weighted by Gasteiger charge is -2.12. The summed E-state index contributed by atoms with van der Waals surface area (Å²) >= 11 is 1.03. The van der Waals surface area contributed by atoms with Crippen molar-refractivity contribution in [1.82, 2.24) is 9.55 Å². The summed E-state index contributed by atoms with van der Waals surface area (Å²) in [6, 6.07) is 8.90. The molecule has 2 nitrogen and oxygen atoms in total. The number of thioether (sulfide) groups is 1. The second-order valence-electron chi connectivity index (χ2n) is 3.85. The number of nitrogens with zero attached hydrogens (tertiary/aromatic N) is 2. The molecule has 0 aliphatic carbocycles. The van der Waals surface area contributed by atoms with Crippen molar-refractivity contribution in [3.63, 3.8) is 0 Å². The first-order chi connectivity index (χ1) is 8.97. The van der Waals surface area contributed by atoms with Crippen LogP contribution in [0.2, 0.25) is 0 Å². The van der Waals surface area contributed by atoms with E-state index < -0.39 is 11.9 Å². The van der Waals surface area contributed by atoms with Crippen LogP contribution in [0.1, 0.15) is 5.69 Å². The van der Waals surface area contributed by atoms with Gasteiger partial charge in [-0.1, -0.05) is 30.0 Å². The van der Waals surface area contributed by atoms with Gasteiger partial charge < -0.3 is 4.57 Å². The van der Waals surface area contributed by atoms with Crippen LogP contribution in [0.25, 0.3) is 5.70 Å². The van der Waals surface area contributed by atoms with Gasteiger partial charge in [0.25, 0.3) is 0 Å². The summed E-state index contributed by atoms with van der Waals surface area (Å²) in [5.41, 5.74) is -0.207. The van der Waals surface area contributed by atoms with Gasteiger partial charge in [-0.15, -0.1) is 0 Å². The number of hydrogen-bond acceptors (Lipinski definition) is 2. The molecule has 0 saturated carbocycles. The van der Waals surface area contributed by atoms with Gasteiger partial charge in [-0.05, 0) is 19.1 Å². The number of allylic oxidation sites excluding steroid dienone is 1. The largest absolute Gasteiger partial charge is 0.432 e. The SMILES string of the molecule is Cc1cn(/C(=C\Sc2ccccc2)C(F)(F)F)cn1. The van der Waals surface area contributed by atoms with Crippen molar-refractivity contribution in [3.8, 4) is 0 Å². The number of aryl methyl sites for hydroxylation is 1. The van der Waals surface area contributed by atoms with Crippen LogP contribution in [0, 0.1) is 6.92 Å². The van der Waals surface area contributed by atoms with E-state index >= 15 is 0 Å². The van der Waals surface area contributed by atoms with Crippen LogP contribution in [-0.2, 0) is 0 Å². The topological polar surface area (TPSA) is 17.8 Å². The summed E-state index contributed by atoms with van der Waals surface area (Å²) in [6.45, 7) is 1.65. The molecule has 0 saturated heterocycles. The van der Waals surface area contributed by atoms with Gasteiger partial charge in [0.15, 0.2) is 0 Å². The zero-order valence-electron chi connectivity index (χ0n) is 10.1. The maximum Gasteiger partial charge on any atom is 0.432 e. The molecule has 19 heavy (non-hydrogen) atoms. The first-order valence-corrected chi connectivity index (χ1v) is 6.35. The molecule has 1 heterocycles. The minimum atomic E-state index is -4.42. The van der Waals surface area contributed by atoms with Gasteiger partial charge in [0.2, 0.25) is 0 Å². The van der Waals surface area contributed by atoms with Crippen LogP contribution in [0.4, 0.5) is 13.2 Å². The van der Waals surface area contributed by atoms with E-state index in [2.05, 4.69) is 4.98 Å². The number of rotatable bonds is 3. The van der Waals surface area contributed by atoms with E-state index in [0.29, 0.717) is 5.69 Å². The molecule has 0 unspecified atom stereocenters. The van der Waals surface area contributed by atoms with Crippen molar-refractivity contribution in [2.24, 2.45) is 0 Å². The molecule has 100 valence electrons. The quantitative estimate of drug-likeness (QED) is 0.780. The smallest absolute Gasteiger partial charge is 0.301 e. The maximum atomic E-state index is 13.0. The van der Waals surface area contributed by atoms with Gasteiger partial charge in [0.1, 0.15) is 5.70 Å². The van der Waals surface area contributed by atoms with Crippen molar-refractivity contribution in [3.05, 3.63) is 54.0 Å². The van der Waals surface area contributed by atoms with Crippen molar-refractivity contribution in [2.45, 2.75) is 18.0 Å². The van der Waals surface area contributed by atoms with E-state index in [-0.39, 0.29) is 0 Å². The molecule has 6 heteroatoms. The predicted octanol–water partition coefficient (Wildman–Crippen LogP) is 4.34. The second-order valence-corrected chi connectivity index (χ2v) is 4.80. The van der Waals surface area contributed by atoms with Crippen molar-refractivity contribution in [2.75, 3.05) is 0 Å². The summed E-state index contributed by atoms with van der Waals surface area (Å²) in [4.78, 5) is 4.57. The summed E-state index contributed by atoms with van der Waals surface area (Å²) in [7, 11) is 0.